The Balaban J connectivity index is 1.80. The summed E-state index contributed by atoms with van der Waals surface area (Å²) in [6.45, 7) is 2.59. The first-order chi connectivity index (χ1) is 10.0. The van der Waals surface area contributed by atoms with Crippen molar-refractivity contribution in [3.05, 3.63) is 69.2 Å². The molecular formula is C17H17Cl2NO. The van der Waals surface area contributed by atoms with Gasteiger partial charge in [0.2, 0.25) is 5.91 Å². The van der Waals surface area contributed by atoms with Crippen LogP contribution in [0.3, 0.4) is 0 Å². The van der Waals surface area contributed by atoms with E-state index in [2.05, 4.69) is 11.4 Å². The molecule has 1 N–H and O–H groups in total. The Kier molecular flexibility index (Phi) is 5.66. The largest absolute Gasteiger partial charge is 0.352 e. The maximum atomic E-state index is 11.9. The van der Waals surface area contributed by atoms with Gasteiger partial charge in [-0.15, -0.1) is 0 Å². The number of hydrogen-bond acceptors (Lipinski definition) is 1. The molecule has 2 aromatic rings. The molecule has 0 unspecified atom stereocenters. The second-order valence-electron chi connectivity index (χ2n) is 5.01. The highest BCUT2D eigenvalue weighted by Gasteiger charge is 2.04. The number of halogens is 2. The van der Waals surface area contributed by atoms with Gasteiger partial charge in [0.1, 0.15) is 0 Å². The van der Waals surface area contributed by atoms with Gasteiger partial charge in [0.15, 0.2) is 0 Å². The number of hydrogen-bond donors (Lipinski definition) is 1. The normalized spacial score (nSPS) is 10.4. The van der Waals surface area contributed by atoms with Crippen molar-refractivity contribution >= 4 is 29.1 Å². The van der Waals surface area contributed by atoms with Crippen molar-refractivity contribution in [1.82, 2.24) is 5.32 Å². The smallest absolute Gasteiger partial charge is 0.220 e. The van der Waals surface area contributed by atoms with Gasteiger partial charge in [0, 0.05) is 13.0 Å². The summed E-state index contributed by atoms with van der Waals surface area (Å²) in [5, 5.41) is 3.98. The van der Waals surface area contributed by atoms with Crippen molar-refractivity contribution < 1.29 is 4.79 Å². The van der Waals surface area contributed by atoms with E-state index in [1.165, 1.54) is 5.56 Å². The van der Waals surface area contributed by atoms with E-state index in [1.807, 2.05) is 31.2 Å². The van der Waals surface area contributed by atoms with E-state index in [1.54, 1.807) is 12.1 Å². The average Bonchev–Trinajstić information content (AvgIpc) is 2.46. The van der Waals surface area contributed by atoms with Gasteiger partial charge in [-0.05, 0) is 36.6 Å². The van der Waals surface area contributed by atoms with E-state index >= 15 is 0 Å². The number of rotatable bonds is 5. The minimum atomic E-state index is 0.0302. The van der Waals surface area contributed by atoms with Crippen molar-refractivity contribution in [1.29, 1.82) is 0 Å². The lowest BCUT2D eigenvalue weighted by molar-refractivity contribution is -0.121. The molecular weight excluding hydrogens is 305 g/mol. The molecule has 0 aromatic heterocycles. The van der Waals surface area contributed by atoms with Crippen LogP contribution in [0, 0.1) is 6.92 Å². The zero-order valence-electron chi connectivity index (χ0n) is 11.8. The van der Waals surface area contributed by atoms with Crippen LogP contribution >= 0.6 is 23.2 Å². The molecule has 4 heteroatoms. The molecule has 0 saturated carbocycles. The molecule has 0 radical (unpaired) electrons. The van der Waals surface area contributed by atoms with Gasteiger partial charge >= 0.3 is 0 Å². The molecule has 0 aliphatic heterocycles. The van der Waals surface area contributed by atoms with E-state index < -0.39 is 0 Å². The molecule has 0 atom stereocenters. The number of benzene rings is 2. The molecule has 2 rings (SSSR count). The van der Waals surface area contributed by atoms with E-state index in [0.29, 0.717) is 29.4 Å². The summed E-state index contributed by atoms with van der Waals surface area (Å²) in [5.74, 6) is 0.0302. The lowest BCUT2D eigenvalue weighted by atomic mass is 10.1. The fourth-order valence-corrected chi connectivity index (χ4v) is 2.38. The van der Waals surface area contributed by atoms with Crippen LogP contribution in [0.2, 0.25) is 10.0 Å². The van der Waals surface area contributed by atoms with Crippen LogP contribution in [-0.2, 0) is 17.8 Å². The maximum absolute atomic E-state index is 11.9. The van der Waals surface area contributed by atoms with Crippen LogP contribution in [-0.4, -0.2) is 5.91 Å². The summed E-state index contributed by atoms with van der Waals surface area (Å²) in [5.41, 5.74) is 3.31. The van der Waals surface area contributed by atoms with Crippen molar-refractivity contribution in [3.63, 3.8) is 0 Å². The zero-order valence-corrected chi connectivity index (χ0v) is 13.3. The Bertz CT molecular complexity index is 640. The van der Waals surface area contributed by atoms with Gasteiger partial charge in [-0.25, -0.2) is 0 Å². The molecule has 0 fully saturated rings. The number of carbonyl (C=O) groups excluding carboxylic acids is 1. The predicted molar refractivity (Wildman–Crippen MR) is 87.8 cm³/mol. The molecule has 0 aliphatic rings. The summed E-state index contributed by atoms with van der Waals surface area (Å²) in [7, 11) is 0. The highest BCUT2D eigenvalue weighted by atomic mass is 35.5. The Morgan fingerprint density at radius 2 is 1.86 bits per heavy atom. The van der Waals surface area contributed by atoms with Crippen molar-refractivity contribution in [2.75, 3.05) is 0 Å². The van der Waals surface area contributed by atoms with E-state index in [-0.39, 0.29) is 5.91 Å². The predicted octanol–water partition coefficient (Wildman–Crippen LogP) is 4.55. The van der Waals surface area contributed by atoms with Crippen LogP contribution < -0.4 is 5.32 Å². The Morgan fingerprint density at radius 3 is 2.57 bits per heavy atom. The Labute approximate surface area is 135 Å². The van der Waals surface area contributed by atoms with E-state index in [9.17, 15) is 4.79 Å². The molecule has 2 nitrogen and oxygen atoms in total. The van der Waals surface area contributed by atoms with Gasteiger partial charge in [-0.2, -0.15) is 0 Å². The third kappa shape index (κ3) is 5.07. The fraction of sp³-hybridized carbons (Fsp3) is 0.235. The minimum Gasteiger partial charge on any atom is -0.352 e. The van der Waals surface area contributed by atoms with Crippen LogP contribution in [0.15, 0.2) is 42.5 Å². The van der Waals surface area contributed by atoms with Crippen LogP contribution in [0.25, 0.3) is 0 Å². The molecule has 0 heterocycles. The molecule has 0 aliphatic carbocycles. The van der Waals surface area contributed by atoms with Crippen LogP contribution in [0.5, 0.6) is 0 Å². The molecule has 0 saturated heterocycles. The van der Waals surface area contributed by atoms with Crippen LogP contribution in [0.1, 0.15) is 23.1 Å². The molecule has 1 amide bonds. The third-order valence-electron chi connectivity index (χ3n) is 3.20. The monoisotopic (exact) mass is 321 g/mol. The summed E-state index contributed by atoms with van der Waals surface area (Å²) in [6.07, 6.45) is 1.08. The summed E-state index contributed by atoms with van der Waals surface area (Å²) >= 11 is 11.8. The minimum absolute atomic E-state index is 0.0302. The van der Waals surface area contributed by atoms with Gasteiger partial charge in [-0.3, -0.25) is 4.79 Å². The number of amides is 1. The summed E-state index contributed by atoms with van der Waals surface area (Å²) in [6, 6.07) is 13.6. The molecule has 0 bridgehead atoms. The lowest BCUT2D eigenvalue weighted by Gasteiger charge is -2.07. The highest BCUT2D eigenvalue weighted by Crippen LogP contribution is 2.23. The van der Waals surface area contributed by atoms with Crippen molar-refractivity contribution in [2.24, 2.45) is 0 Å². The standard InChI is InChI=1S/C17H17Cl2NO/c1-12-3-2-4-14(9-12)11-20-17(21)8-6-13-5-7-15(18)16(19)10-13/h2-5,7,9-10H,6,8,11H2,1H3,(H,20,21). The Hall–Kier alpha value is -1.51. The van der Waals surface area contributed by atoms with Crippen molar-refractivity contribution in [2.45, 2.75) is 26.3 Å². The highest BCUT2D eigenvalue weighted by molar-refractivity contribution is 6.42. The van der Waals surface area contributed by atoms with Crippen LogP contribution in [0.4, 0.5) is 0 Å². The number of aryl methyl sites for hydroxylation is 2. The topological polar surface area (TPSA) is 29.1 Å². The second-order valence-corrected chi connectivity index (χ2v) is 5.83. The molecule has 0 spiro atoms. The van der Waals surface area contributed by atoms with E-state index in [4.69, 9.17) is 23.2 Å². The van der Waals surface area contributed by atoms with Crippen molar-refractivity contribution in [3.8, 4) is 0 Å². The number of nitrogens with one attached hydrogen (secondary N) is 1. The second kappa shape index (κ2) is 7.48. The third-order valence-corrected chi connectivity index (χ3v) is 3.94. The quantitative estimate of drug-likeness (QED) is 0.859. The first-order valence-corrected chi connectivity index (χ1v) is 7.56. The summed E-state index contributed by atoms with van der Waals surface area (Å²) < 4.78 is 0. The van der Waals surface area contributed by atoms with Gasteiger partial charge < -0.3 is 5.32 Å². The SMILES string of the molecule is Cc1cccc(CNC(=O)CCc2ccc(Cl)c(Cl)c2)c1. The first-order valence-electron chi connectivity index (χ1n) is 6.81. The zero-order chi connectivity index (χ0) is 15.2. The van der Waals surface area contributed by atoms with Gasteiger partial charge in [-0.1, -0.05) is 59.1 Å². The summed E-state index contributed by atoms with van der Waals surface area (Å²) in [4.78, 5) is 11.9. The first kappa shape index (κ1) is 15.9. The molecule has 2 aromatic carbocycles. The number of carbonyl (C=O) groups is 1. The lowest BCUT2D eigenvalue weighted by Crippen LogP contribution is -2.23. The van der Waals surface area contributed by atoms with E-state index in [0.717, 1.165) is 11.1 Å². The average molecular weight is 322 g/mol. The fourth-order valence-electron chi connectivity index (χ4n) is 2.06. The van der Waals surface area contributed by atoms with Gasteiger partial charge in [0.05, 0.1) is 10.0 Å². The Morgan fingerprint density at radius 1 is 1.05 bits per heavy atom. The maximum Gasteiger partial charge on any atom is 0.220 e. The molecule has 21 heavy (non-hydrogen) atoms. The van der Waals surface area contributed by atoms with Gasteiger partial charge in [0.25, 0.3) is 0 Å². The molecule has 110 valence electrons.